The molecule has 4 nitrogen and oxygen atoms in total. The lowest BCUT2D eigenvalue weighted by atomic mass is 10.1. The minimum Gasteiger partial charge on any atom is -0.344 e. The van der Waals surface area contributed by atoms with Crippen molar-refractivity contribution in [3.8, 4) is 10.6 Å². The first-order chi connectivity index (χ1) is 12.3. The molecule has 0 bridgehead atoms. The van der Waals surface area contributed by atoms with Crippen LogP contribution in [0.5, 0.6) is 0 Å². The Labute approximate surface area is 151 Å². The van der Waals surface area contributed by atoms with E-state index in [9.17, 15) is 18.0 Å². The van der Waals surface area contributed by atoms with Crippen molar-refractivity contribution in [2.24, 2.45) is 0 Å². The fourth-order valence-corrected chi connectivity index (χ4v) is 3.12. The Morgan fingerprint density at radius 2 is 2.04 bits per heavy atom. The van der Waals surface area contributed by atoms with Crippen LogP contribution in [0.1, 0.15) is 34.6 Å². The molecule has 0 spiro atoms. The number of rotatable bonds is 4. The number of carbonyl (C=O) groups excluding carboxylic acids is 1. The standard InChI is InChI=1S/C18H14F3N3OS/c1-11(13-5-3-7-22-9-13)23-16(25)15-10-26-17(24-15)12-4-2-6-14(8-12)18(19,20)21/h2-11H,1H3,(H,23,25). The predicted octanol–water partition coefficient (Wildman–Crippen LogP) is 4.71. The Hall–Kier alpha value is -2.74. The molecule has 0 saturated heterocycles. The molecule has 2 heterocycles. The first-order valence-corrected chi connectivity index (χ1v) is 8.56. The van der Waals surface area contributed by atoms with E-state index in [-0.39, 0.29) is 11.7 Å². The number of alkyl halides is 3. The van der Waals surface area contributed by atoms with Crippen molar-refractivity contribution in [2.45, 2.75) is 19.1 Å². The number of amides is 1. The van der Waals surface area contributed by atoms with Gasteiger partial charge in [0.15, 0.2) is 0 Å². The fourth-order valence-electron chi connectivity index (χ4n) is 2.33. The number of pyridine rings is 1. The van der Waals surface area contributed by atoms with Gasteiger partial charge in [-0.05, 0) is 30.7 Å². The Bertz CT molecular complexity index is 909. The van der Waals surface area contributed by atoms with Crippen LogP contribution < -0.4 is 5.32 Å². The average molecular weight is 377 g/mol. The molecule has 134 valence electrons. The lowest BCUT2D eigenvalue weighted by Crippen LogP contribution is -2.26. The summed E-state index contributed by atoms with van der Waals surface area (Å²) >= 11 is 1.12. The SMILES string of the molecule is CC(NC(=O)c1csc(-c2cccc(C(F)(F)F)c2)n1)c1cccnc1. The van der Waals surface area contributed by atoms with Crippen LogP contribution in [0.15, 0.2) is 54.2 Å². The highest BCUT2D eigenvalue weighted by atomic mass is 32.1. The molecule has 1 unspecified atom stereocenters. The molecule has 2 aromatic heterocycles. The molecule has 1 N–H and O–H groups in total. The minimum absolute atomic E-state index is 0.165. The Morgan fingerprint density at radius 3 is 2.73 bits per heavy atom. The highest BCUT2D eigenvalue weighted by molar-refractivity contribution is 7.13. The van der Waals surface area contributed by atoms with E-state index in [0.717, 1.165) is 29.0 Å². The second kappa shape index (κ2) is 7.25. The second-order valence-electron chi connectivity index (χ2n) is 5.60. The maximum atomic E-state index is 12.8. The molecule has 8 heteroatoms. The zero-order chi connectivity index (χ0) is 18.7. The van der Waals surface area contributed by atoms with Gasteiger partial charge in [-0.25, -0.2) is 4.98 Å². The molecule has 3 rings (SSSR count). The number of benzene rings is 1. The van der Waals surface area contributed by atoms with Crippen LogP contribution in [0.2, 0.25) is 0 Å². The number of aromatic nitrogens is 2. The number of nitrogens with one attached hydrogen (secondary N) is 1. The predicted molar refractivity (Wildman–Crippen MR) is 92.7 cm³/mol. The molecule has 0 saturated carbocycles. The van der Waals surface area contributed by atoms with Gasteiger partial charge in [0.2, 0.25) is 0 Å². The quantitative estimate of drug-likeness (QED) is 0.716. The van der Waals surface area contributed by atoms with E-state index < -0.39 is 17.6 Å². The van der Waals surface area contributed by atoms with Gasteiger partial charge in [-0.3, -0.25) is 9.78 Å². The van der Waals surface area contributed by atoms with Gasteiger partial charge in [0.05, 0.1) is 11.6 Å². The number of thiazole rings is 1. The van der Waals surface area contributed by atoms with Gasteiger partial charge < -0.3 is 5.32 Å². The number of hydrogen-bond acceptors (Lipinski definition) is 4. The molecule has 0 radical (unpaired) electrons. The summed E-state index contributed by atoms with van der Waals surface area (Å²) in [7, 11) is 0. The van der Waals surface area contributed by atoms with Crippen LogP contribution in [-0.4, -0.2) is 15.9 Å². The van der Waals surface area contributed by atoms with E-state index >= 15 is 0 Å². The van der Waals surface area contributed by atoms with Crippen molar-refractivity contribution in [1.82, 2.24) is 15.3 Å². The molecule has 26 heavy (non-hydrogen) atoms. The third-order valence-corrected chi connectivity index (χ3v) is 4.60. The normalized spacial score (nSPS) is 12.6. The molecule has 0 fully saturated rings. The van der Waals surface area contributed by atoms with Gasteiger partial charge >= 0.3 is 6.18 Å². The summed E-state index contributed by atoms with van der Waals surface area (Å²) in [6, 6.07) is 8.23. The van der Waals surface area contributed by atoms with E-state index in [0.29, 0.717) is 10.6 Å². The zero-order valence-corrected chi connectivity index (χ0v) is 14.4. The van der Waals surface area contributed by atoms with E-state index in [4.69, 9.17) is 0 Å². The maximum Gasteiger partial charge on any atom is 0.416 e. The molecule has 0 aliphatic heterocycles. The first kappa shape index (κ1) is 18.1. The summed E-state index contributed by atoms with van der Waals surface area (Å²) in [6.07, 6.45) is -1.13. The molecular formula is C18H14F3N3OS. The molecule has 1 amide bonds. The van der Waals surface area contributed by atoms with Crippen molar-refractivity contribution in [1.29, 1.82) is 0 Å². The Balaban J connectivity index is 1.76. The van der Waals surface area contributed by atoms with E-state index in [1.165, 1.54) is 17.5 Å². The first-order valence-electron chi connectivity index (χ1n) is 7.68. The lowest BCUT2D eigenvalue weighted by molar-refractivity contribution is -0.137. The van der Waals surface area contributed by atoms with Gasteiger partial charge in [0.25, 0.3) is 5.91 Å². The Kier molecular flexibility index (Phi) is 5.03. The number of halogens is 3. The monoisotopic (exact) mass is 377 g/mol. The summed E-state index contributed by atoms with van der Waals surface area (Å²) in [5, 5.41) is 4.68. The largest absolute Gasteiger partial charge is 0.416 e. The summed E-state index contributed by atoms with van der Waals surface area (Å²) in [4.78, 5) is 20.5. The summed E-state index contributed by atoms with van der Waals surface area (Å²) in [5.74, 6) is -0.393. The third-order valence-electron chi connectivity index (χ3n) is 3.71. The van der Waals surface area contributed by atoms with Crippen LogP contribution in [0.25, 0.3) is 10.6 Å². The van der Waals surface area contributed by atoms with Crippen LogP contribution in [0.3, 0.4) is 0 Å². The highest BCUT2D eigenvalue weighted by Gasteiger charge is 2.30. The summed E-state index contributed by atoms with van der Waals surface area (Å²) in [6.45, 7) is 1.81. The van der Waals surface area contributed by atoms with E-state index in [1.54, 1.807) is 18.5 Å². The van der Waals surface area contributed by atoms with Gasteiger partial charge in [0.1, 0.15) is 10.7 Å². The fraction of sp³-hybridized carbons (Fsp3) is 0.167. The smallest absolute Gasteiger partial charge is 0.344 e. The van der Waals surface area contributed by atoms with Crippen molar-refractivity contribution in [3.63, 3.8) is 0 Å². The molecule has 1 atom stereocenters. The van der Waals surface area contributed by atoms with Crippen LogP contribution >= 0.6 is 11.3 Å². The van der Waals surface area contributed by atoms with Gasteiger partial charge in [-0.2, -0.15) is 13.2 Å². The zero-order valence-electron chi connectivity index (χ0n) is 13.6. The second-order valence-corrected chi connectivity index (χ2v) is 6.46. The molecular weight excluding hydrogens is 363 g/mol. The summed E-state index contributed by atoms with van der Waals surface area (Å²) in [5.41, 5.74) is 0.581. The number of nitrogens with zero attached hydrogens (tertiary/aromatic N) is 2. The summed E-state index contributed by atoms with van der Waals surface area (Å²) < 4.78 is 38.5. The molecule has 0 aliphatic rings. The van der Waals surface area contributed by atoms with Crippen molar-refractivity contribution in [2.75, 3.05) is 0 Å². The van der Waals surface area contributed by atoms with E-state index in [1.807, 2.05) is 13.0 Å². The Morgan fingerprint density at radius 1 is 1.23 bits per heavy atom. The van der Waals surface area contributed by atoms with Gasteiger partial charge in [-0.1, -0.05) is 18.2 Å². The van der Waals surface area contributed by atoms with Crippen LogP contribution in [0, 0.1) is 0 Å². The molecule has 1 aromatic carbocycles. The van der Waals surface area contributed by atoms with Crippen molar-refractivity contribution < 1.29 is 18.0 Å². The molecule has 3 aromatic rings. The minimum atomic E-state index is -4.42. The average Bonchev–Trinajstić information content (AvgIpc) is 3.12. The topological polar surface area (TPSA) is 54.9 Å². The lowest BCUT2D eigenvalue weighted by Gasteiger charge is -2.12. The van der Waals surface area contributed by atoms with Crippen molar-refractivity contribution in [3.05, 3.63) is 71.0 Å². The third kappa shape index (κ3) is 4.08. The van der Waals surface area contributed by atoms with Gasteiger partial charge in [-0.15, -0.1) is 11.3 Å². The van der Waals surface area contributed by atoms with Crippen LogP contribution in [0.4, 0.5) is 13.2 Å². The molecule has 0 aliphatic carbocycles. The number of carbonyl (C=O) groups is 1. The maximum absolute atomic E-state index is 12.8. The van der Waals surface area contributed by atoms with Crippen LogP contribution in [-0.2, 0) is 6.18 Å². The highest BCUT2D eigenvalue weighted by Crippen LogP contribution is 2.33. The van der Waals surface area contributed by atoms with E-state index in [2.05, 4.69) is 15.3 Å². The van der Waals surface area contributed by atoms with Gasteiger partial charge in [0, 0.05) is 23.3 Å². The van der Waals surface area contributed by atoms with Crippen molar-refractivity contribution >= 4 is 17.2 Å². The number of hydrogen-bond donors (Lipinski definition) is 1.